The summed E-state index contributed by atoms with van der Waals surface area (Å²) in [5.74, 6) is 0.0519. The number of nitrogens with zero attached hydrogens (tertiary/aromatic N) is 2. The van der Waals surface area contributed by atoms with Gasteiger partial charge >= 0.3 is 0 Å². The molecule has 3 nitrogen and oxygen atoms in total. The lowest BCUT2D eigenvalue weighted by Gasteiger charge is -2.41. The normalized spacial score (nSPS) is 41.6. The second-order valence-electron chi connectivity index (χ2n) is 5.95. The summed E-state index contributed by atoms with van der Waals surface area (Å²) in [7, 11) is 2.22. The third-order valence-electron chi connectivity index (χ3n) is 4.80. The van der Waals surface area contributed by atoms with Crippen LogP contribution in [0.3, 0.4) is 0 Å². The first-order valence-electron chi connectivity index (χ1n) is 7.13. The molecular formula is C14H24ClN3. The van der Waals surface area contributed by atoms with Crippen LogP contribution in [0, 0.1) is 17.2 Å². The number of hydrogen-bond acceptors (Lipinski definition) is 3. The first-order chi connectivity index (χ1) is 8.61. The smallest absolute Gasteiger partial charge is 0.0671 e. The lowest BCUT2D eigenvalue weighted by molar-refractivity contribution is 0.102. The average Bonchev–Trinajstić information content (AvgIpc) is 2.38. The molecule has 2 aliphatic carbocycles. The highest BCUT2D eigenvalue weighted by molar-refractivity contribution is 6.21. The molecule has 3 atom stereocenters. The molecule has 0 aromatic rings. The maximum Gasteiger partial charge on any atom is 0.0671 e. The molecule has 18 heavy (non-hydrogen) atoms. The third-order valence-corrected chi connectivity index (χ3v) is 5.29. The van der Waals surface area contributed by atoms with Gasteiger partial charge < -0.3 is 10.6 Å². The van der Waals surface area contributed by atoms with Gasteiger partial charge in [-0.3, -0.25) is 0 Å². The second kappa shape index (κ2) is 6.23. The Hall–Kier alpha value is -0.300. The summed E-state index contributed by atoms with van der Waals surface area (Å²) in [5, 5.41) is 9.03. The van der Waals surface area contributed by atoms with Gasteiger partial charge in [0.25, 0.3) is 0 Å². The number of nitriles is 1. The molecule has 0 aliphatic heterocycles. The van der Waals surface area contributed by atoms with Crippen molar-refractivity contribution in [3.63, 3.8) is 0 Å². The SMILES string of the molecule is CN(C1CCC(N)CC1)C1CCC(C#N)C(Cl)C1. The van der Waals surface area contributed by atoms with Crippen LogP contribution in [-0.4, -0.2) is 35.5 Å². The lowest BCUT2D eigenvalue weighted by Crippen LogP contribution is -2.47. The Morgan fingerprint density at radius 3 is 2.28 bits per heavy atom. The van der Waals surface area contributed by atoms with Gasteiger partial charge in [0.2, 0.25) is 0 Å². The van der Waals surface area contributed by atoms with Crippen molar-refractivity contribution in [2.75, 3.05) is 7.05 Å². The average molecular weight is 270 g/mol. The van der Waals surface area contributed by atoms with Gasteiger partial charge in [-0.2, -0.15) is 5.26 Å². The molecule has 0 bridgehead atoms. The van der Waals surface area contributed by atoms with Crippen LogP contribution in [0.25, 0.3) is 0 Å². The maximum absolute atomic E-state index is 9.00. The summed E-state index contributed by atoms with van der Waals surface area (Å²) in [6.07, 6.45) is 7.73. The Kier molecular flexibility index (Phi) is 4.89. The van der Waals surface area contributed by atoms with Gasteiger partial charge in [0, 0.05) is 18.1 Å². The topological polar surface area (TPSA) is 53.0 Å². The summed E-state index contributed by atoms with van der Waals surface area (Å²) in [5.41, 5.74) is 5.96. The fourth-order valence-electron chi connectivity index (χ4n) is 3.42. The quantitative estimate of drug-likeness (QED) is 0.784. The summed E-state index contributed by atoms with van der Waals surface area (Å²) in [6, 6.07) is 3.96. The Morgan fingerprint density at radius 1 is 1.11 bits per heavy atom. The highest BCUT2D eigenvalue weighted by atomic mass is 35.5. The van der Waals surface area contributed by atoms with E-state index < -0.39 is 0 Å². The van der Waals surface area contributed by atoms with E-state index >= 15 is 0 Å². The molecule has 2 fully saturated rings. The molecule has 0 spiro atoms. The minimum Gasteiger partial charge on any atom is -0.328 e. The predicted octanol–water partition coefficient (Wildman–Crippen LogP) is 2.49. The first-order valence-corrected chi connectivity index (χ1v) is 7.56. The Balaban J connectivity index is 1.86. The van der Waals surface area contributed by atoms with Crippen molar-refractivity contribution in [2.24, 2.45) is 11.7 Å². The number of alkyl halides is 1. The molecule has 0 aromatic heterocycles. The van der Waals surface area contributed by atoms with Crippen molar-refractivity contribution < 1.29 is 0 Å². The van der Waals surface area contributed by atoms with Crippen molar-refractivity contribution in [2.45, 2.75) is 68.4 Å². The number of nitrogens with two attached hydrogens (primary N) is 1. The van der Waals surface area contributed by atoms with Crippen molar-refractivity contribution in [1.29, 1.82) is 5.26 Å². The molecule has 2 saturated carbocycles. The first kappa shape index (κ1) is 14.1. The van der Waals surface area contributed by atoms with Crippen LogP contribution in [0.2, 0.25) is 0 Å². The van der Waals surface area contributed by atoms with Gasteiger partial charge in [-0.05, 0) is 52.0 Å². The van der Waals surface area contributed by atoms with Crippen molar-refractivity contribution in [3.05, 3.63) is 0 Å². The molecule has 4 heteroatoms. The molecule has 0 radical (unpaired) electrons. The van der Waals surface area contributed by atoms with E-state index in [2.05, 4.69) is 18.0 Å². The standard InChI is InChI=1S/C14H24ClN3/c1-18(12-6-3-11(17)4-7-12)13-5-2-10(9-16)14(15)8-13/h10-14H,2-8,17H2,1H3. The van der Waals surface area contributed by atoms with Gasteiger partial charge in [0.05, 0.1) is 17.4 Å². The van der Waals surface area contributed by atoms with Crippen molar-refractivity contribution in [1.82, 2.24) is 4.90 Å². The Morgan fingerprint density at radius 2 is 1.72 bits per heavy atom. The Labute approximate surface area is 115 Å². The largest absolute Gasteiger partial charge is 0.328 e. The summed E-state index contributed by atoms with van der Waals surface area (Å²) >= 11 is 6.31. The molecule has 2 aliphatic rings. The zero-order valence-corrected chi connectivity index (χ0v) is 11.9. The number of rotatable bonds is 2. The van der Waals surface area contributed by atoms with Crippen LogP contribution in [0.4, 0.5) is 0 Å². The molecular weight excluding hydrogens is 246 g/mol. The highest BCUT2D eigenvalue weighted by Gasteiger charge is 2.34. The van der Waals surface area contributed by atoms with E-state index in [1.807, 2.05) is 0 Å². The highest BCUT2D eigenvalue weighted by Crippen LogP contribution is 2.33. The van der Waals surface area contributed by atoms with Crippen LogP contribution in [0.5, 0.6) is 0 Å². The van der Waals surface area contributed by atoms with Crippen LogP contribution in [-0.2, 0) is 0 Å². The van der Waals surface area contributed by atoms with E-state index in [4.69, 9.17) is 22.6 Å². The van der Waals surface area contributed by atoms with Crippen LogP contribution in [0.15, 0.2) is 0 Å². The monoisotopic (exact) mass is 269 g/mol. The van der Waals surface area contributed by atoms with Gasteiger partial charge in [-0.25, -0.2) is 0 Å². The molecule has 2 rings (SSSR count). The van der Waals surface area contributed by atoms with Crippen molar-refractivity contribution >= 4 is 11.6 Å². The van der Waals surface area contributed by atoms with Gasteiger partial charge in [0.15, 0.2) is 0 Å². The van der Waals surface area contributed by atoms with Crippen molar-refractivity contribution in [3.8, 4) is 6.07 Å². The third kappa shape index (κ3) is 3.17. The number of hydrogen-bond donors (Lipinski definition) is 1. The molecule has 0 saturated heterocycles. The molecule has 0 amide bonds. The van der Waals surface area contributed by atoms with E-state index in [9.17, 15) is 0 Å². The van der Waals surface area contributed by atoms with E-state index in [1.165, 1.54) is 12.8 Å². The van der Waals surface area contributed by atoms with E-state index in [0.29, 0.717) is 18.1 Å². The summed E-state index contributed by atoms with van der Waals surface area (Å²) in [4.78, 5) is 2.51. The van der Waals surface area contributed by atoms with E-state index in [0.717, 1.165) is 32.1 Å². The molecule has 102 valence electrons. The fourth-order valence-corrected chi connectivity index (χ4v) is 3.81. The lowest BCUT2D eigenvalue weighted by atomic mass is 9.83. The molecule has 3 unspecified atom stereocenters. The summed E-state index contributed by atoms with van der Waals surface area (Å²) in [6.45, 7) is 0. The van der Waals surface area contributed by atoms with Crippen LogP contribution < -0.4 is 5.73 Å². The zero-order chi connectivity index (χ0) is 13.1. The number of halogens is 1. The molecule has 2 N–H and O–H groups in total. The maximum atomic E-state index is 9.00. The minimum atomic E-state index is 0.0297. The second-order valence-corrected chi connectivity index (χ2v) is 6.51. The minimum absolute atomic E-state index is 0.0297. The van der Waals surface area contributed by atoms with Gasteiger partial charge in [-0.15, -0.1) is 11.6 Å². The summed E-state index contributed by atoms with van der Waals surface area (Å²) < 4.78 is 0. The molecule has 0 aromatic carbocycles. The van der Waals surface area contributed by atoms with E-state index in [-0.39, 0.29) is 11.3 Å². The zero-order valence-electron chi connectivity index (χ0n) is 11.2. The van der Waals surface area contributed by atoms with Gasteiger partial charge in [-0.1, -0.05) is 0 Å². The molecule has 0 heterocycles. The fraction of sp³-hybridized carbons (Fsp3) is 0.929. The van der Waals surface area contributed by atoms with E-state index in [1.54, 1.807) is 0 Å². The predicted molar refractivity (Wildman–Crippen MR) is 74.4 cm³/mol. The Bertz CT molecular complexity index is 307. The van der Waals surface area contributed by atoms with Crippen LogP contribution >= 0.6 is 11.6 Å². The van der Waals surface area contributed by atoms with Gasteiger partial charge in [0.1, 0.15) is 0 Å². The van der Waals surface area contributed by atoms with Crippen LogP contribution in [0.1, 0.15) is 44.9 Å².